The summed E-state index contributed by atoms with van der Waals surface area (Å²) in [5.74, 6) is -0.228. The molecule has 0 saturated heterocycles. The van der Waals surface area contributed by atoms with Crippen LogP contribution in [0.2, 0.25) is 0 Å². The van der Waals surface area contributed by atoms with Crippen molar-refractivity contribution in [1.29, 1.82) is 0 Å². The van der Waals surface area contributed by atoms with Gasteiger partial charge < -0.3 is 14.9 Å². The molecular formula is C37H72O5. The maximum Gasteiger partial charge on any atom is 0.305 e. The number of hydrogen-bond donors (Lipinski definition) is 2. The van der Waals surface area contributed by atoms with Gasteiger partial charge in [0.15, 0.2) is 0 Å². The van der Waals surface area contributed by atoms with E-state index in [1.165, 1.54) is 116 Å². The van der Waals surface area contributed by atoms with Gasteiger partial charge in [0.2, 0.25) is 0 Å². The first-order valence-electron chi connectivity index (χ1n) is 18.5. The van der Waals surface area contributed by atoms with E-state index in [4.69, 9.17) is 9.84 Å². The normalized spacial score (nSPS) is 12.8. The highest BCUT2D eigenvalue weighted by molar-refractivity contribution is 5.69. The molecule has 0 amide bonds. The van der Waals surface area contributed by atoms with Crippen LogP contribution in [0.1, 0.15) is 206 Å². The van der Waals surface area contributed by atoms with Gasteiger partial charge in [-0.1, -0.05) is 155 Å². The zero-order chi connectivity index (χ0) is 30.9. The molecule has 2 unspecified atom stereocenters. The summed E-state index contributed by atoms with van der Waals surface area (Å²) in [6.45, 7) is 5.06. The largest absolute Gasteiger partial charge is 0.481 e. The fraction of sp³-hybridized carbons (Fsp3) is 0.946. The van der Waals surface area contributed by atoms with Crippen LogP contribution in [-0.4, -0.2) is 34.9 Å². The summed E-state index contributed by atoms with van der Waals surface area (Å²) in [6, 6.07) is 0. The summed E-state index contributed by atoms with van der Waals surface area (Å²) in [6.07, 6.45) is 33.6. The first-order chi connectivity index (χ1) is 20.5. The van der Waals surface area contributed by atoms with Crippen molar-refractivity contribution in [1.82, 2.24) is 0 Å². The Morgan fingerprint density at radius 3 is 1.31 bits per heavy atom. The fourth-order valence-electron chi connectivity index (χ4n) is 5.88. The molecule has 5 nitrogen and oxygen atoms in total. The van der Waals surface area contributed by atoms with Crippen LogP contribution in [0.25, 0.3) is 0 Å². The lowest BCUT2D eigenvalue weighted by atomic mass is 9.94. The van der Waals surface area contributed by atoms with Gasteiger partial charge in [0.25, 0.3) is 0 Å². The Kier molecular flexibility index (Phi) is 31.9. The Balaban J connectivity index is 3.89. The Bertz CT molecular complexity index is 579. The Morgan fingerprint density at radius 2 is 0.857 bits per heavy atom. The number of carboxylic acids is 1. The van der Waals surface area contributed by atoms with Gasteiger partial charge in [-0.15, -0.1) is 0 Å². The molecule has 0 aromatic rings. The zero-order valence-electron chi connectivity index (χ0n) is 28.2. The average Bonchev–Trinajstić information content (AvgIpc) is 2.97. The summed E-state index contributed by atoms with van der Waals surface area (Å²) in [5.41, 5.74) is 0. The minimum atomic E-state index is -0.690. The van der Waals surface area contributed by atoms with E-state index >= 15 is 0 Å². The second kappa shape index (κ2) is 32.8. The predicted molar refractivity (Wildman–Crippen MR) is 178 cm³/mol. The molecule has 5 heteroatoms. The van der Waals surface area contributed by atoms with Crippen LogP contribution in [0.5, 0.6) is 0 Å². The minimum absolute atomic E-state index is 0.0189. The van der Waals surface area contributed by atoms with Crippen LogP contribution in [0.3, 0.4) is 0 Å². The first-order valence-corrected chi connectivity index (χ1v) is 18.5. The summed E-state index contributed by atoms with van der Waals surface area (Å²) < 4.78 is 5.75. The smallest absolute Gasteiger partial charge is 0.305 e. The lowest BCUT2D eigenvalue weighted by Crippen LogP contribution is -2.14. The average molecular weight is 597 g/mol. The van der Waals surface area contributed by atoms with Crippen LogP contribution in [-0.2, 0) is 14.3 Å². The molecule has 0 aliphatic heterocycles. The molecule has 0 radical (unpaired) electrons. The van der Waals surface area contributed by atoms with Crippen molar-refractivity contribution in [3.63, 3.8) is 0 Å². The van der Waals surface area contributed by atoms with Crippen LogP contribution >= 0.6 is 0 Å². The van der Waals surface area contributed by atoms with Crippen LogP contribution in [0.15, 0.2) is 0 Å². The molecule has 0 spiro atoms. The van der Waals surface area contributed by atoms with E-state index in [2.05, 4.69) is 13.8 Å². The van der Waals surface area contributed by atoms with Crippen molar-refractivity contribution in [2.45, 2.75) is 213 Å². The standard InChI is InChI=1S/C37H72O5/c1-3-5-7-9-16-21-27-34(28-22-17-14-15-19-25-31-36(39)40)33-42-37(41)32-26-20-13-11-10-12-18-24-30-35(38)29-23-8-6-4-2/h34-35,38H,3-33H2,1-2H3,(H,39,40). The van der Waals surface area contributed by atoms with E-state index in [0.29, 0.717) is 18.9 Å². The topological polar surface area (TPSA) is 83.8 Å². The van der Waals surface area contributed by atoms with E-state index in [1.54, 1.807) is 0 Å². The highest BCUT2D eigenvalue weighted by Gasteiger charge is 2.12. The molecule has 42 heavy (non-hydrogen) atoms. The summed E-state index contributed by atoms with van der Waals surface area (Å²) >= 11 is 0. The predicted octanol–water partition coefficient (Wildman–Crippen LogP) is 11.3. The minimum Gasteiger partial charge on any atom is -0.481 e. The van der Waals surface area contributed by atoms with Crippen LogP contribution in [0, 0.1) is 5.92 Å². The number of aliphatic hydroxyl groups is 1. The third-order valence-electron chi connectivity index (χ3n) is 8.76. The van der Waals surface area contributed by atoms with Crippen molar-refractivity contribution in [3.05, 3.63) is 0 Å². The molecule has 2 N–H and O–H groups in total. The lowest BCUT2D eigenvalue weighted by molar-refractivity contribution is -0.145. The molecular weight excluding hydrogens is 524 g/mol. The SMILES string of the molecule is CCCCCCCCC(CCCCCCCCC(=O)O)COC(=O)CCCCCCCCCCC(O)CCCCCC. The third kappa shape index (κ3) is 31.8. The molecule has 0 bridgehead atoms. The summed E-state index contributed by atoms with van der Waals surface area (Å²) in [5, 5.41) is 18.8. The van der Waals surface area contributed by atoms with Gasteiger partial charge in [-0.3, -0.25) is 9.59 Å². The molecule has 0 heterocycles. The molecule has 0 aliphatic rings. The number of carbonyl (C=O) groups excluding carboxylic acids is 1. The number of aliphatic hydroxyl groups excluding tert-OH is 1. The van der Waals surface area contributed by atoms with Crippen molar-refractivity contribution >= 4 is 11.9 Å². The van der Waals surface area contributed by atoms with E-state index in [1.807, 2.05) is 0 Å². The molecule has 0 saturated carbocycles. The van der Waals surface area contributed by atoms with E-state index in [9.17, 15) is 14.7 Å². The quantitative estimate of drug-likeness (QED) is 0.0570. The number of unbranched alkanes of at least 4 members (excludes halogenated alkanes) is 20. The summed E-state index contributed by atoms with van der Waals surface area (Å²) in [4.78, 5) is 23.0. The second-order valence-corrected chi connectivity index (χ2v) is 13.0. The molecule has 250 valence electrons. The number of rotatable bonds is 34. The molecule has 0 aromatic carbocycles. The number of aliphatic carboxylic acids is 1. The molecule has 0 rings (SSSR count). The van der Waals surface area contributed by atoms with Gasteiger partial charge in [0, 0.05) is 12.8 Å². The van der Waals surface area contributed by atoms with Gasteiger partial charge in [-0.05, 0) is 44.4 Å². The van der Waals surface area contributed by atoms with Gasteiger partial charge in [0.1, 0.15) is 0 Å². The van der Waals surface area contributed by atoms with E-state index < -0.39 is 5.97 Å². The van der Waals surface area contributed by atoms with Crippen molar-refractivity contribution in [2.75, 3.05) is 6.61 Å². The van der Waals surface area contributed by atoms with Crippen molar-refractivity contribution < 1.29 is 24.5 Å². The van der Waals surface area contributed by atoms with Gasteiger partial charge in [-0.25, -0.2) is 0 Å². The first kappa shape index (κ1) is 40.9. The number of esters is 1. The number of ether oxygens (including phenoxy) is 1. The van der Waals surface area contributed by atoms with Gasteiger partial charge in [0.05, 0.1) is 12.7 Å². The van der Waals surface area contributed by atoms with Crippen molar-refractivity contribution in [2.24, 2.45) is 5.92 Å². The second-order valence-electron chi connectivity index (χ2n) is 13.0. The van der Waals surface area contributed by atoms with Crippen LogP contribution < -0.4 is 0 Å². The maximum absolute atomic E-state index is 12.4. The number of carbonyl (C=O) groups is 2. The third-order valence-corrected chi connectivity index (χ3v) is 8.76. The van der Waals surface area contributed by atoms with Gasteiger partial charge >= 0.3 is 11.9 Å². The molecule has 0 aliphatic carbocycles. The molecule has 2 atom stereocenters. The molecule has 0 fully saturated rings. The van der Waals surface area contributed by atoms with E-state index in [-0.39, 0.29) is 18.5 Å². The maximum atomic E-state index is 12.4. The highest BCUT2D eigenvalue weighted by Crippen LogP contribution is 2.21. The van der Waals surface area contributed by atoms with Gasteiger partial charge in [-0.2, -0.15) is 0 Å². The monoisotopic (exact) mass is 597 g/mol. The number of hydrogen-bond acceptors (Lipinski definition) is 4. The van der Waals surface area contributed by atoms with E-state index in [0.717, 1.165) is 64.2 Å². The summed E-state index contributed by atoms with van der Waals surface area (Å²) in [7, 11) is 0. The Morgan fingerprint density at radius 1 is 0.500 bits per heavy atom. The molecule has 0 aromatic heterocycles. The number of carboxylic acid groups (broad SMARTS) is 1. The lowest BCUT2D eigenvalue weighted by Gasteiger charge is -2.17. The van der Waals surface area contributed by atoms with Crippen molar-refractivity contribution in [3.8, 4) is 0 Å². The Labute approximate surface area is 261 Å². The highest BCUT2D eigenvalue weighted by atomic mass is 16.5. The fourth-order valence-corrected chi connectivity index (χ4v) is 5.88. The van der Waals surface area contributed by atoms with Crippen LogP contribution in [0.4, 0.5) is 0 Å². The Hall–Kier alpha value is -1.10. The zero-order valence-corrected chi connectivity index (χ0v) is 28.2.